The highest BCUT2D eigenvalue weighted by Crippen LogP contribution is 2.49. The van der Waals surface area contributed by atoms with Crippen molar-refractivity contribution in [3.8, 4) is 28.4 Å². The number of carbonyl (C=O) groups is 1. The molecule has 35 heavy (non-hydrogen) atoms. The Labute approximate surface area is 208 Å². The molecule has 0 spiro atoms. The zero-order valence-electron chi connectivity index (χ0n) is 19.5. The largest absolute Gasteiger partial charge is 0.497 e. The third-order valence-corrected chi connectivity index (χ3v) is 7.21. The molecule has 3 aromatic carbocycles. The molecule has 1 heterocycles. The molecule has 1 fully saturated rings. The van der Waals surface area contributed by atoms with Gasteiger partial charge in [0.2, 0.25) is 0 Å². The molecule has 1 unspecified atom stereocenters. The van der Waals surface area contributed by atoms with Gasteiger partial charge in [0.1, 0.15) is 18.2 Å². The Bertz CT molecular complexity index is 1270. The Morgan fingerprint density at radius 2 is 1.89 bits per heavy atom. The third-order valence-electron chi connectivity index (χ3n) is 6.90. The van der Waals surface area contributed by atoms with Crippen LogP contribution < -0.4 is 14.2 Å². The Kier molecular flexibility index (Phi) is 6.32. The number of benzene rings is 3. The van der Waals surface area contributed by atoms with Gasteiger partial charge in [0.05, 0.1) is 13.0 Å². The fourth-order valence-electron chi connectivity index (χ4n) is 4.83. The van der Waals surface area contributed by atoms with Gasteiger partial charge in [0.25, 0.3) is 0 Å². The normalized spacial score (nSPS) is 18.6. The molecule has 5 rings (SSSR count). The summed E-state index contributed by atoms with van der Waals surface area (Å²) >= 11 is 6.56. The minimum absolute atomic E-state index is 0.0618. The number of halogens is 2. The number of hydrogen-bond acceptors (Lipinski definition) is 4. The number of aliphatic carboxylic acids is 1. The predicted molar refractivity (Wildman–Crippen MR) is 131 cm³/mol. The highest BCUT2D eigenvalue weighted by atomic mass is 35.5. The molecule has 7 heteroatoms. The average molecular weight is 497 g/mol. The van der Waals surface area contributed by atoms with Crippen molar-refractivity contribution in [3.63, 3.8) is 0 Å². The summed E-state index contributed by atoms with van der Waals surface area (Å²) in [6, 6.07) is 15.6. The quantitative estimate of drug-likeness (QED) is 0.386. The Hall–Kier alpha value is -3.25. The van der Waals surface area contributed by atoms with Gasteiger partial charge in [0.15, 0.2) is 17.6 Å². The molecule has 1 aliphatic heterocycles. The van der Waals surface area contributed by atoms with Crippen molar-refractivity contribution in [2.45, 2.75) is 31.8 Å². The first-order chi connectivity index (χ1) is 16.9. The molecule has 182 valence electrons. The van der Waals surface area contributed by atoms with E-state index in [4.69, 9.17) is 25.8 Å². The van der Waals surface area contributed by atoms with Gasteiger partial charge in [-0.2, -0.15) is 0 Å². The van der Waals surface area contributed by atoms with E-state index in [-0.39, 0.29) is 11.7 Å². The minimum Gasteiger partial charge on any atom is -0.497 e. The highest BCUT2D eigenvalue weighted by molar-refractivity contribution is 6.33. The van der Waals surface area contributed by atoms with Crippen molar-refractivity contribution in [3.05, 3.63) is 76.6 Å². The average Bonchev–Trinajstić information content (AvgIpc) is 3.69. The highest BCUT2D eigenvalue weighted by Gasteiger charge is 2.39. The molecule has 1 N–H and O–H groups in total. The summed E-state index contributed by atoms with van der Waals surface area (Å²) in [6.07, 6.45) is 1.67. The van der Waals surface area contributed by atoms with Crippen LogP contribution in [0.2, 0.25) is 5.02 Å². The number of carboxylic acid groups (broad SMARTS) is 1. The van der Waals surface area contributed by atoms with Crippen LogP contribution in [0.3, 0.4) is 0 Å². The Morgan fingerprint density at radius 1 is 1.09 bits per heavy atom. The van der Waals surface area contributed by atoms with E-state index in [2.05, 4.69) is 0 Å². The summed E-state index contributed by atoms with van der Waals surface area (Å²) in [7, 11) is 1.53. The zero-order valence-corrected chi connectivity index (χ0v) is 20.2. The maximum absolute atomic E-state index is 14.5. The molecule has 0 radical (unpaired) electrons. The van der Waals surface area contributed by atoms with Crippen LogP contribution in [0.1, 0.15) is 42.9 Å². The lowest BCUT2D eigenvalue weighted by Gasteiger charge is -2.29. The Balaban J connectivity index is 1.41. The van der Waals surface area contributed by atoms with E-state index < -0.39 is 18.0 Å². The van der Waals surface area contributed by atoms with Crippen molar-refractivity contribution >= 4 is 17.6 Å². The van der Waals surface area contributed by atoms with Crippen molar-refractivity contribution in [1.29, 1.82) is 0 Å². The van der Waals surface area contributed by atoms with Crippen molar-refractivity contribution in [2.24, 2.45) is 11.8 Å². The minimum atomic E-state index is -0.795. The van der Waals surface area contributed by atoms with Crippen molar-refractivity contribution in [1.82, 2.24) is 0 Å². The lowest BCUT2D eigenvalue weighted by atomic mass is 9.83. The van der Waals surface area contributed by atoms with E-state index in [0.29, 0.717) is 45.9 Å². The second-order valence-corrected chi connectivity index (χ2v) is 9.61. The van der Waals surface area contributed by atoms with Gasteiger partial charge in [-0.05, 0) is 72.2 Å². The molecular weight excluding hydrogens is 471 g/mol. The smallest absolute Gasteiger partial charge is 0.306 e. The first-order valence-electron chi connectivity index (χ1n) is 11.6. The molecule has 2 aliphatic rings. The Morgan fingerprint density at radius 3 is 2.57 bits per heavy atom. The van der Waals surface area contributed by atoms with Gasteiger partial charge in [-0.25, -0.2) is 4.39 Å². The lowest BCUT2D eigenvalue weighted by molar-refractivity contribution is -0.142. The maximum atomic E-state index is 14.5. The molecule has 0 amide bonds. The molecule has 0 bridgehead atoms. The fourth-order valence-corrected chi connectivity index (χ4v) is 5.12. The van der Waals surface area contributed by atoms with Crippen LogP contribution in [0.15, 0.2) is 54.6 Å². The number of fused-ring (bicyclic) bond motifs is 1. The van der Waals surface area contributed by atoms with Crippen LogP contribution >= 0.6 is 11.6 Å². The third kappa shape index (κ3) is 4.67. The fraction of sp³-hybridized carbons (Fsp3) is 0.321. The van der Waals surface area contributed by atoms with E-state index in [9.17, 15) is 14.3 Å². The first kappa shape index (κ1) is 23.5. The molecule has 0 saturated heterocycles. The van der Waals surface area contributed by atoms with Crippen LogP contribution in [0.25, 0.3) is 11.1 Å². The molecule has 0 aromatic heterocycles. The maximum Gasteiger partial charge on any atom is 0.306 e. The number of methoxy groups -OCH3 is 1. The number of ether oxygens (including phenoxy) is 3. The first-order valence-corrected chi connectivity index (χ1v) is 12.0. The van der Waals surface area contributed by atoms with E-state index in [1.165, 1.54) is 13.2 Å². The van der Waals surface area contributed by atoms with Gasteiger partial charge < -0.3 is 19.3 Å². The molecule has 3 atom stereocenters. The SMILES string of the molecule is COc1ccc(F)c(-c2ccc([C@H]3COc4ccc(C(C5CC5)[C@H](C)C(=O)O)cc4O3)cc2Cl)c1. The summed E-state index contributed by atoms with van der Waals surface area (Å²) in [5.41, 5.74) is 2.67. The molecule has 1 aliphatic carbocycles. The van der Waals surface area contributed by atoms with E-state index in [1.54, 1.807) is 31.2 Å². The van der Waals surface area contributed by atoms with Crippen molar-refractivity contribution in [2.75, 3.05) is 13.7 Å². The van der Waals surface area contributed by atoms with Crippen LogP contribution in [0, 0.1) is 17.7 Å². The molecule has 1 saturated carbocycles. The number of rotatable bonds is 7. The molecular formula is C28H26ClFO5. The van der Waals surface area contributed by atoms with Crippen LogP contribution in [-0.2, 0) is 4.79 Å². The standard InChI is InChI=1S/C28H26ClFO5/c1-15(28(31)32)27(16-3-4-16)18-6-10-24-25(12-18)35-26(14-34-24)17-5-8-20(22(29)11-17)21-13-19(33-2)7-9-23(21)30/h5-13,15-16,26-27H,3-4,14H2,1-2H3,(H,31,32)/t15-,26+,27?/m0/s1. The van der Waals surface area contributed by atoms with Crippen molar-refractivity contribution < 1.29 is 28.5 Å². The van der Waals surface area contributed by atoms with Gasteiger partial charge >= 0.3 is 5.97 Å². The summed E-state index contributed by atoms with van der Waals surface area (Å²) in [5.74, 6) is 0.404. The summed E-state index contributed by atoms with van der Waals surface area (Å²) < 4.78 is 31.9. The van der Waals surface area contributed by atoms with Crippen LogP contribution in [-0.4, -0.2) is 24.8 Å². The summed E-state index contributed by atoms with van der Waals surface area (Å²) in [6.45, 7) is 2.06. The number of carboxylic acids is 1. The molecule has 5 nitrogen and oxygen atoms in total. The second kappa shape index (κ2) is 9.42. The van der Waals surface area contributed by atoms with Gasteiger partial charge in [-0.1, -0.05) is 36.7 Å². The van der Waals surface area contributed by atoms with E-state index >= 15 is 0 Å². The summed E-state index contributed by atoms with van der Waals surface area (Å²) in [4.78, 5) is 11.7. The van der Waals surface area contributed by atoms with E-state index in [1.807, 2.05) is 24.3 Å². The molecule has 3 aromatic rings. The topological polar surface area (TPSA) is 65.0 Å². The predicted octanol–water partition coefficient (Wildman–Crippen LogP) is 6.88. The monoisotopic (exact) mass is 496 g/mol. The number of hydrogen-bond donors (Lipinski definition) is 1. The second-order valence-electron chi connectivity index (χ2n) is 9.20. The van der Waals surface area contributed by atoms with Gasteiger partial charge in [-0.15, -0.1) is 0 Å². The van der Waals surface area contributed by atoms with E-state index in [0.717, 1.165) is 24.0 Å². The van der Waals surface area contributed by atoms with Gasteiger partial charge in [0, 0.05) is 16.1 Å². The van der Waals surface area contributed by atoms with Gasteiger partial charge in [-0.3, -0.25) is 4.79 Å². The lowest BCUT2D eigenvalue weighted by Crippen LogP contribution is -2.23. The summed E-state index contributed by atoms with van der Waals surface area (Å²) in [5, 5.41) is 9.99. The zero-order chi connectivity index (χ0) is 24.7. The van der Waals surface area contributed by atoms with Crippen LogP contribution in [0.4, 0.5) is 4.39 Å². The van der Waals surface area contributed by atoms with Crippen LogP contribution in [0.5, 0.6) is 17.2 Å².